The zero-order valence-electron chi connectivity index (χ0n) is 15.9. The fourth-order valence-corrected chi connectivity index (χ4v) is 5.53. The molecule has 3 aliphatic rings. The van der Waals surface area contributed by atoms with Crippen molar-refractivity contribution in [2.75, 3.05) is 84.3 Å². The Bertz CT molecular complexity index is 851. The maximum atomic E-state index is 5.61. The van der Waals surface area contributed by atoms with Crippen LogP contribution in [0.4, 0.5) is 17.6 Å². The van der Waals surface area contributed by atoms with Gasteiger partial charge in [0.15, 0.2) is 22.8 Å². The van der Waals surface area contributed by atoms with Crippen LogP contribution in [0, 0.1) is 0 Å². The minimum Gasteiger partial charge on any atom is -0.478 e. The van der Waals surface area contributed by atoms with Gasteiger partial charge >= 0.3 is 0 Å². The summed E-state index contributed by atoms with van der Waals surface area (Å²) in [7, 11) is 1.66. The van der Waals surface area contributed by atoms with Crippen LogP contribution in [-0.4, -0.2) is 89.6 Å². The van der Waals surface area contributed by atoms with Gasteiger partial charge in [0.05, 0.1) is 18.9 Å². The highest BCUT2D eigenvalue weighted by Gasteiger charge is 2.26. The van der Waals surface area contributed by atoms with Crippen LogP contribution in [-0.2, 0) is 0 Å². The molecule has 0 radical (unpaired) electrons. The Labute approximate surface area is 172 Å². The van der Waals surface area contributed by atoms with Crippen LogP contribution >= 0.6 is 23.5 Å². The number of fused-ring (bicyclic) bond motifs is 1. The summed E-state index contributed by atoms with van der Waals surface area (Å²) in [5.41, 5.74) is 1.39. The van der Waals surface area contributed by atoms with Crippen molar-refractivity contribution in [1.29, 1.82) is 0 Å². The number of rotatable bonds is 4. The maximum Gasteiger partial charge on any atom is 0.258 e. The molecule has 0 aromatic carbocycles. The molecular weight excluding hydrogens is 396 g/mol. The third kappa shape index (κ3) is 3.39. The minimum absolute atomic E-state index is 0.557. The molecule has 9 nitrogen and oxygen atoms in total. The van der Waals surface area contributed by atoms with Gasteiger partial charge in [0.1, 0.15) is 0 Å². The summed E-state index contributed by atoms with van der Waals surface area (Å²) in [6.07, 6.45) is 0. The molecular formula is C17H24N8OS2. The van der Waals surface area contributed by atoms with Gasteiger partial charge in [0.25, 0.3) is 5.88 Å². The first kappa shape index (κ1) is 18.3. The van der Waals surface area contributed by atoms with Gasteiger partial charge in [-0.15, -0.1) is 23.5 Å². The van der Waals surface area contributed by atoms with Gasteiger partial charge in [-0.1, -0.05) is 0 Å². The van der Waals surface area contributed by atoms with Crippen LogP contribution in [0.3, 0.4) is 0 Å². The fraction of sp³-hybridized carbons (Fsp3) is 0.647. The summed E-state index contributed by atoms with van der Waals surface area (Å²) in [6.45, 7) is 5.61. The number of thioether (sulfide) groups is 2. The number of nitrogens with zero attached hydrogens (tertiary/aromatic N) is 7. The SMILES string of the molecule is COc1nc2c(N3CCSC3)nc(N3CCNCC3)nc2nc1N1CCSC1. The van der Waals surface area contributed by atoms with Gasteiger partial charge < -0.3 is 24.8 Å². The number of piperazine rings is 1. The van der Waals surface area contributed by atoms with Crippen molar-refractivity contribution < 1.29 is 4.74 Å². The van der Waals surface area contributed by atoms with Crippen molar-refractivity contribution in [2.45, 2.75) is 0 Å². The highest BCUT2D eigenvalue weighted by molar-refractivity contribution is 7.99. The highest BCUT2D eigenvalue weighted by Crippen LogP contribution is 2.34. The minimum atomic E-state index is 0.557. The van der Waals surface area contributed by atoms with Gasteiger partial charge in [0, 0.05) is 50.8 Å². The molecule has 3 aliphatic heterocycles. The number of nitrogens with one attached hydrogen (secondary N) is 1. The van der Waals surface area contributed by atoms with Gasteiger partial charge in [-0.2, -0.15) is 9.97 Å². The summed E-state index contributed by atoms with van der Waals surface area (Å²) >= 11 is 3.81. The Kier molecular flexibility index (Phi) is 5.20. The Morgan fingerprint density at radius 2 is 1.54 bits per heavy atom. The van der Waals surface area contributed by atoms with Gasteiger partial charge in [-0.25, -0.2) is 9.97 Å². The van der Waals surface area contributed by atoms with E-state index in [1.807, 2.05) is 23.5 Å². The molecule has 0 atom stereocenters. The third-order valence-corrected chi connectivity index (χ3v) is 7.08. The molecule has 0 spiro atoms. The predicted molar refractivity (Wildman–Crippen MR) is 116 cm³/mol. The van der Waals surface area contributed by atoms with E-state index in [4.69, 9.17) is 24.7 Å². The number of aromatic nitrogens is 4. The van der Waals surface area contributed by atoms with Crippen LogP contribution in [0.5, 0.6) is 5.88 Å². The Morgan fingerprint density at radius 3 is 2.18 bits per heavy atom. The van der Waals surface area contributed by atoms with E-state index in [2.05, 4.69) is 20.0 Å². The fourth-order valence-electron chi connectivity index (χ4n) is 3.63. The summed E-state index contributed by atoms with van der Waals surface area (Å²) in [5.74, 6) is 6.98. The normalized spacial score (nSPS) is 20.4. The molecule has 3 saturated heterocycles. The first-order valence-corrected chi connectivity index (χ1v) is 11.9. The lowest BCUT2D eigenvalue weighted by atomic mass is 10.3. The third-order valence-electron chi connectivity index (χ3n) is 5.15. The molecule has 11 heteroatoms. The molecule has 1 N–H and O–H groups in total. The topological polar surface area (TPSA) is 82.5 Å². The summed E-state index contributed by atoms with van der Waals surface area (Å²) in [5, 5.41) is 3.39. The second-order valence-corrected chi connectivity index (χ2v) is 9.06. The van der Waals surface area contributed by atoms with E-state index in [9.17, 15) is 0 Å². The Balaban J connectivity index is 1.65. The first-order valence-electron chi connectivity index (χ1n) is 9.58. The molecule has 150 valence electrons. The van der Waals surface area contributed by atoms with E-state index in [0.29, 0.717) is 11.5 Å². The molecule has 3 fully saturated rings. The summed E-state index contributed by atoms with van der Waals surface area (Å²) in [4.78, 5) is 26.2. The van der Waals surface area contributed by atoms with E-state index in [-0.39, 0.29) is 0 Å². The smallest absolute Gasteiger partial charge is 0.258 e. The molecule has 5 rings (SSSR count). The molecule has 2 aromatic heterocycles. The van der Waals surface area contributed by atoms with Crippen molar-refractivity contribution in [3.63, 3.8) is 0 Å². The van der Waals surface area contributed by atoms with E-state index >= 15 is 0 Å². The maximum absolute atomic E-state index is 5.61. The Hall–Kier alpha value is -1.72. The zero-order chi connectivity index (χ0) is 18.9. The van der Waals surface area contributed by atoms with Crippen LogP contribution in [0.15, 0.2) is 0 Å². The summed E-state index contributed by atoms with van der Waals surface area (Å²) in [6, 6.07) is 0. The number of hydrogen-bond acceptors (Lipinski definition) is 11. The second kappa shape index (κ2) is 7.96. The average molecular weight is 421 g/mol. The van der Waals surface area contributed by atoms with Crippen LogP contribution in [0.25, 0.3) is 11.2 Å². The van der Waals surface area contributed by atoms with Crippen molar-refractivity contribution in [1.82, 2.24) is 25.3 Å². The molecule has 0 saturated carbocycles. The lowest BCUT2D eigenvalue weighted by Crippen LogP contribution is -2.44. The van der Waals surface area contributed by atoms with Gasteiger partial charge in [0.2, 0.25) is 5.95 Å². The zero-order valence-corrected chi connectivity index (χ0v) is 17.6. The van der Waals surface area contributed by atoms with Crippen LogP contribution in [0.1, 0.15) is 0 Å². The quantitative estimate of drug-likeness (QED) is 0.765. The number of hydrogen-bond donors (Lipinski definition) is 1. The average Bonchev–Trinajstić information content (AvgIpc) is 3.47. The van der Waals surface area contributed by atoms with Gasteiger partial charge in [-0.05, 0) is 0 Å². The van der Waals surface area contributed by atoms with Crippen LogP contribution in [0.2, 0.25) is 0 Å². The molecule has 5 heterocycles. The first-order chi connectivity index (χ1) is 13.8. The number of methoxy groups -OCH3 is 1. The van der Waals surface area contributed by atoms with Gasteiger partial charge in [-0.3, -0.25) is 0 Å². The molecule has 0 amide bonds. The lowest BCUT2D eigenvalue weighted by molar-refractivity contribution is 0.398. The summed E-state index contributed by atoms with van der Waals surface area (Å²) < 4.78 is 5.61. The molecule has 2 aromatic rings. The largest absolute Gasteiger partial charge is 0.478 e. The van der Waals surface area contributed by atoms with Crippen molar-refractivity contribution >= 4 is 52.3 Å². The molecule has 0 unspecified atom stereocenters. The van der Waals surface area contributed by atoms with E-state index in [1.54, 1.807) is 7.11 Å². The highest BCUT2D eigenvalue weighted by atomic mass is 32.2. The molecule has 28 heavy (non-hydrogen) atoms. The number of ether oxygens (including phenoxy) is 1. The van der Waals surface area contributed by atoms with Crippen LogP contribution < -0.4 is 24.8 Å². The van der Waals surface area contributed by atoms with Crippen molar-refractivity contribution in [3.05, 3.63) is 0 Å². The van der Waals surface area contributed by atoms with Crippen molar-refractivity contribution in [2.24, 2.45) is 0 Å². The van der Waals surface area contributed by atoms with E-state index in [0.717, 1.165) is 85.6 Å². The van der Waals surface area contributed by atoms with Crippen molar-refractivity contribution in [3.8, 4) is 5.88 Å². The van der Waals surface area contributed by atoms with E-state index in [1.165, 1.54) is 0 Å². The number of anilines is 3. The standard InChI is InChI=1S/C17H24N8OS2/c1-26-16-15(25-7-9-28-11-25)20-13-12(19-16)14(24-6-8-27-10-24)22-17(21-13)23-4-2-18-3-5-23/h18H,2-11H2,1H3. The second-order valence-electron chi connectivity index (χ2n) is 6.91. The lowest BCUT2D eigenvalue weighted by Gasteiger charge is -2.28. The Morgan fingerprint density at radius 1 is 0.821 bits per heavy atom. The van der Waals surface area contributed by atoms with E-state index < -0.39 is 0 Å². The molecule has 0 aliphatic carbocycles. The monoisotopic (exact) mass is 420 g/mol. The molecule has 0 bridgehead atoms. The predicted octanol–water partition coefficient (Wildman–Crippen LogP) is 0.859.